The maximum absolute atomic E-state index is 13.6. The van der Waals surface area contributed by atoms with E-state index in [1.54, 1.807) is 42.8 Å². The first kappa shape index (κ1) is 26.5. The van der Waals surface area contributed by atoms with Gasteiger partial charge in [0.05, 0.1) is 30.9 Å². The Kier molecular flexibility index (Phi) is 8.03. The number of benzene rings is 1. The Morgan fingerprint density at radius 1 is 0.919 bits per heavy atom. The van der Waals surface area contributed by atoms with Crippen LogP contribution in [0.2, 0.25) is 5.02 Å². The number of hydrogen-bond donors (Lipinski definition) is 0. The number of para-hydroxylation sites is 1. The fraction of sp³-hybridized carbons (Fsp3) is 0.320. The molecule has 2 atom stereocenters. The molecule has 0 spiro atoms. The summed E-state index contributed by atoms with van der Waals surface area (Å²) in [6.45, 7) is 3.41. The number of hydrogen-bond acceptors (Lipinski definition) is 9. The van der Waals surface area contributed by atoms with Crippen LogP contribution in [0.1, 0.15) is 42.9 Å². The molecule has 3 aromatic heterocycles. The Labute approximate surface area is 220 Å². The highest BCUT2D eigenvalue weighted by molar-refractivity contribution is 7.91. The number of rotatable bonds is 10. The quantitative estimate of drug-likeness (QED) is 0.294. The van der Waals surface area contributed by atoms with Gasteiger partial charge < -0.3 is 9.47 Å². The van der Waals surface area contributed by atoms with E-state index in [1.807, 2.05) is 18.2 Å². The highest BCUT2D eigenvalue weighted by atomic mass is 35.5. The van der Waals surface area contributed by atoms with Crippen molar-refractivity contribution in [3.8, 4) is 17.2 Å². The molecule has 0 bridgehead atoms. The molecule has 10 nitrogen and oxygen atoms in total. The lowest BCUT2D eigenvalue weighted by molar-refractivity contribution is 0.390. The van der Waals surface area contributed by atoms with Crippen LogP contribution in [0.5, 0.6) is 11.5 Å². The van der Waals surface area contributed by atoms with Gasteiger partial charge in [-0.1, -0.05) is 30.7 Å². The largest absolute Gasteiger partial charge is 0.494 e. The zero-order valence-electron chi connectivity index (χ0n) is 20.9. The molecule has 0 aliphatic heterocycles. The molecule has 3 heterocycles. The van der Waals surface area contributed by atoms with Gasteiger partial charge in [-0.05, 0) is 31.2 Å². The second-order valence-electron chi connectivity index (χ2n) is 8.44. The molecule has 0 aliphatic carbocycles. The third kappa shape index (κ3) is 5.72. The van der Waals surface area contributed by atoms with Gasteiger partial charge in [-0.25, -0.2) is 18.4 Å². The van der Waals surface area contributed by atoms with Gasteiger partial charge in [0.25, 0.3) is 0 Å². The number of halogens is 1. The average Bonchev–Trinajstić information content (AvgIpc) is 3.28. The average molecular weight is 543 g/mol. The number of aromatic nitrogens is 6. The zero-order chi connectivity index (χ0) is 26.6. The number of nitrogens with zero attached hydrogens (tertiary/aromatic N) is 6. The van der Waals surface area contributed by atoms with E-state index >= 15 is 0 Å². The summed E-state index contributed by atoms with van der Waals surface area (Å²) in [4.78, 5) is 12.8. The van der Waals surface area contributed by atoms with E-state index in [9.17, 15) is 8.42 Å². The summed E-state index contributed by atoms with van der Waals surface area (Å²) in [5.74, 6) is 1.23. The molecule has 194 valence electrons. The molecule has 0 amide bonds. The Bertz CT molecular complexity index is 1440. The third-order valence-electron chi connectivity index (χ3n) is 6.14. The minimum absolute atomic E-state index is 0.227. The summed E-state index contributed by atoms with van der Waals surface area (Å²) >= 11 is 5.89. The summed E-state index contributed by atoms with van der Waals surface area (Å²) in [5.41, 5.74) is 1.26. The van der Waals surface area contributed by atoms with E-state index < -0.39 is 21.0 Å². The van der Waals surface area contributed by atoms with Crippen LogP contribution >= 0.6 is 11.6 Å². The normalized spacial score (nSPS) is 13.2. The second kappa shape index (κ2) is 11.2. The van der Waals surface area contributed by atoms with Crippen LogP contribution < -0.4 is 9.47 Å². The number of methoxy groups -OCH3 is 2. The molecule has 4 aromatic rings. The van der Waals surface area contributed by atoms with E-state index in [4.69, 9.17) is 21.1 Å². The van der Waals surface area contributed by atoms with Crippen LogP contribution in [0.25, 0.3) is 5.69 Å². The van der Waals surface area contributed by atoms with Gasteiger partial charge in [0.1, 0.15) is 34.6 Å². The first-order chi connectivity index (χ1) is 17.7. The van der Waals surface area contributed by atoms with Gasteiger partial charge in [0, 0.05) is 30.2 Å². The van der Waals surface area contributed by atoms with E-state index in [-0.39, 0.29) is 11.6 Å². The van der Waals surface area contributed by atoms with Gasteiger partial charge in [-0.2, -0.15) is 0 Å². The third-order valence-corrected chi connectivity index (χ3v) is 8.53. The molecule has 0 unspecified atom stereocenters. The fourth-order valence-corrected chi connectivity index (χ4v) is 5.58. The predicted octanol–water partition coefficient (Wildman–Crippen LogP) is 3.82. The first-order valence-corrected chi connectivity index (χ1v) is 13.6. The molecule has 12 heteroatoms. The van der Waals surface area contributed by atoms with Crippen molar-refractivity contribution in [2.45, 2.75) is 37.2 Å². The Morgan fingerprint density at radius 2 is 1.57 bits per heavy atom. The van der Waals surface area contributed by atoms with Gasteiger partial charge in [-0.3, -0.25) is 9.55 Å². The fourth-order valence-electron chi connectivity index (χ4n) is 3.93. The minimum Gasteiger partial charge on any atom is -0.494 e. The van der Waals surface area contributed by atoms with Crippen LogP contribution in [0.4, 0.5) is 0 Å². The number of pyridine rings is 1. The molecule has 37 heavy (non-hydrogen) atoms. The van der Waals surface area contributed by atoms with Gasteiger partial charge >= 0.3 is 0 Å². The van der Waals surface area contributed by atoms with Crippen molar-refractivity contribution in [1.82, 2.24) is 29.7 Å². The lowest BCUT2D eigenvalue weighted by atomic mass is 10.1. The van der Waals surface area contributed by atoms with Crippen molar-refractivity contribution in [2.75, 3.05) is 14.2 Å². The van der Waals surface area contributed by atoms with Gasteiger partial charge in [0.15, 0.2) is 15.7 Å². The van der Waals surface area contributed by atoms with Gasteiger partial charge in [0.2, 0.25) is 0 Å². The monoisotopic (exact) mass is 542 g/mol. The maximum atomic E-state index is 13.6. The van der Waals surface area contributed by atoms with Gasteiger partial charge in [-0.15, -0.1) is 10.2 Å². The smallest absolute Gasteiger partial charge is 0.160 e. The van der Waals surface area contributed by atoms with Crippen molar-refractivity contribution in [3.63, 3.8) is 0 Å². The van der Waals surface area contributed by atoms with Crippen LogP contribution in [-0.2, 0) is 22.0 Å². The molecule has 4 rings (SSSR count). The molecule has 0 saturated carbocycles. The van der Waals surface area contributed by atoms with E-state index in [2.05, 4.69) is 25.1 Å². The summed E-state index contributed by atoms with van der Waals surface area (Å²) in [5, 5.41) is 8.22. The van der Waals surface area contributed by atoms with Crippen molar-refractivity contribution >= 4 is 21.4 Å². The van der Waals surface area contributed by atoms with Crippen molar-refractivity contribution in [2.24, 2.45) is 0 Å². The Balaban J connectivity index is 1.77. The second-order valence-corrected chi connectivity index (χ2v) is 11.2. The van der Waals surface area contributed by atoms with Crippen molar-refractivity contribution in [1.29, 1.82) is 0 Å². The van der Waals surface area contributed by atoms with Crippen LogP contribution in [-0.4, -0.2) is 57.6 Å². The first-order valence-electron chi connectivity index (χ1n) is 11.5. The molecule has 0 aliphatic rings. The Morgan fingerprint density at radius 3 is 2.16 bits per heavy atom. The number of sulfone groups is 1. The maximum Gasteiger partial charge on any atom is 0.160 e. The van der Waals surface area contributed by atoms with Crippen LogP contribution in [0.15, 0.2) is 55.0 Å². The van der Waals surface area contributed by atoms with E-state index in [0.29, 0.717) is 40.3 Å². The van der Waals surface area contributed by atoms with Crippen molar-refractivity contribution < 1.29 is 17.9 Å². The van der Waals surface area contributed by atoms with E-state index in [1.165, 1.54) is 26.6 Å². The summed E-state index contributed by atoms with van der Waals surface area (Å²) in [6, 6.07) is 10.9. The van der Waals surface area contributed by atoms with Crippen LogP contribution in [0, 0.1) is 0 Å². The minimum atomic E-state index is -3.73. The summed E-state index contributed by atoms with van der Waals surface area (Å²) in [6.07, 6.45) is 4.91. The molecule has 0 fully saturated rings. The standard InChI is InChI=1S/C25H27ClN6O4S/c1-16(25-28-13-18(26)14-29-25)17(2)37(33,34)15-23-31-30-22(12-19-8-5-6-11-27-19)32(23)24-20(35-3)9-7-10-21(24)36-4/h5-11,13-14,16-17H,12,15H2,1-4H3/t16-,17-/m0/s1. The zero-order valence-corrected chi connectivity index (χ0v) is 22.4. The lowest BCUT2D eigenvalue weighted by Crippen LogP contribution is -2.27. The SMILES string of the molecule is COc1cccc(OC)c1-n1c(Cc2ccccn2)nnc1CS(=O)(=O)[C@@H](C)[C@H](C)c1ncc(Cl)cn1. The topological polar surface area (TPSA) is 122 Å². The lowest BCUT2D eigenvalue weighted by Gasteiger charge is -2.20. The predicted molar refractivity (Wildman–Crippen MR) is 139 cm³/mol. The molecular formula is C25H27ClN6O4S. The highest BCUT2D eigenvalue weighted by Gasteiger charge is 2.32. The molecule has 0 N–H and O–H groups in total. The summed E-state index contributed by atoms with van der Waals surface area (Å²) in [7, 11) is -0.663. The molecule has 0 radical (unpaired) electrons. The molecule has 0 saturated heterocycles. The Hall–Kier alpha value is -3.57. The summed E-state index contributed by atoms with van der Waals surface area (Å²) < 4.78 is 40.1. The highest BCUT2D eigenvalue weighted by Crippen LogP contribution is 2.35. The molecular weight excluding hydrogens is 516 g/mol. The number of ether oxygens (including phenoxy) is 2. The van der Waals surface area contributed by atoms with E-state index in [0.717, 1.165) is 5.69 Å². The molecule has 1 aromatic carbocycles. The van der Waals surface area contributed by atoms with Crippen molar-refractivity contribution in [3.05, 3.63) is 83.2 Å². The van der Waals surface area contributed by atoms with Crippen LogP contribution in [0.3, 0.4) is 0 Å².